The summed E-state index contributed by atoms with van der Waals surface area (Å²) >= 11 is 0. The molecule has 0 aromatic heterocycles. The summed E-state index contributed by atoms with van der Waals surface area (Å²) in [5.74, 6) is 2.00. The van der Waals surface area contributed by atoms with Crippen LogP contribution in [0.15, 0.2) is 29.3 Å². The first kappa shape index (κ1) is 22.3. The molecule has 0 amide bonds. The van der Waals surface area contributed by atoms with Crippen LogP contribution in [-0.2, 0) is 6.54 Å². The van der Waals surface area contributed by atoms with Gasteiger partial charge in [-0.25, -0.2) is 4.99 Å². The van der Waals surface area contributed by atoms with Gasteiger partial charge in [-0.3, -0.25) is 0 Å². The third-order valence-electron chi connectivity index (χ3n) is 5.65. The van der Waals surface area contributed by atoms with Crippen molar-refractivity contribution >= 4 is 29.9 Å². The van der Waals surface area contributed by atoms with E-state index in [1.807, 2.05) is 12.1 Å². The number of para-hydroxylation sites is 1. The number of nitrogens with zero attached hydrogens (tertiary/aromatic N) is 3. The Morgan fingerprint density at radius 3 is 2.67 bits per heavy atom. The zero-order valence-electron chi connectivity index (χ0n) is 17.0. The van der Waals surface area contributed by atoms with Gasteiger partial charge in [0.15, 0.2) is 5.96 Å². The number of aliphatic imine (C=N–C) groups is 1. The second kappa shape index (κ2) is 10.5. The van der Waals surface area contributed by atoms with Crippen LogP contribution < -0.4 is 10.1 Å². The Kier molecular flexibility index (Phi) is 8.66. The average molecular weight is 486 g/mol. The van der Waals surface area contributed by atoms with E-state index in [2.05, 4.69) is 48.3 Å². The topological polar surface area (TPSA) is 40.1 Å². The summed E-state index contributed by atoms with van der Waals surface area (Å²) in [6.45, 7) is 7.61. The molecule has 2 aliphatic rings. The van der Waals surface area contributed by atoms with E-state index in [9.17, 15) is 0 Å². The predicted molar refractivity (Wildman–Crippen MR) is 123 cm³/mol. The summed E-state index contributed by atoms with van der Waals surface area (Å²) in [5, 5.41) is 3.49. The quantitative estimate of drug-likeness (QED) is 0.364. The highest BCUT2D eigenvalue weighted by Crippen LogP contribution is 2.47. The van der Waals surface area contributed by atoms with Gasteiger partial charge >= 0.3 is 0 Å². The maximum absolute atomic E-state index is 5.98. The molecule has 152 valence electrons. The van der Waals surface area contributed by atoms with Crippen molar-refractivity contribution in [3.63, 3.8) is 0 Å². The lowest BCUT2D eigenvalue weighted by atomic mass is 9.68. The lowest BCUT2D eigenvalue weighted by Crippen LogP contribution is -2.42. The van der Waals surface area contributed by atoms with Gasteiger partial charge in [-0.05, 0) is 51.8 Å². The minimum Gasteiger partial charge on any atom is -0.492 e. The first-order valence-corrected chi connectivity index (χ1v) is 10.0. The Morgan fingerprint density at radius 1 is 1.26 bits per heavy atom. The fourth-order valence-electron chi connectivity index (χ4n) is 3.90. The normalized spacial score (nSPS) is 18.4. The highest BCUT2D eigenvalue weighted by atomic mass is 127. The number of nitrogens with one attached hydrogen (secondary N) is 1. The molecule has 1 spiro atoms. The number of halogens is 1. The van der Waals surface area contributed by atoms with Gasteiger partial charge < -0.3 is 19.9 Å². The number of hydrogen-bond acceptors (Lipinski definition) is 3. The van der Waals surface area contributed by atoms with Crippen LogP contribution in [0.25, 0.3) is 0 Å². The molecule has 1 aromatic rings. The summed E-state index contributed by atoms with van der Waals surface area (Å²) in [6, 6.07) is 8.27. The van der Waals surface area contributed by atoms with Crippen LogP contribution >= 0.6 is 24.0 Å². The van der Waals surface area contributed by atoms with Gasteiger partial charge in [0.25, 0.3) is 0 Å². The minimum absolute atomic E-state index is 0. The molecule has 27 heavy (non-hydrogen) atoms. The number of ether oxygens (including phenoxy) is 1. The van der Waals surface area contributed by atoms with Gasteiger partial charge in [0, 0.05) is 31.7 Å². The molecule has 1 heterocycles. The average Bonchev–Trinajstić information content (AvgIpc) is 3.05. The van der Waals surface area contributed by atoms with Crippen molar-refractivity contribution in [1.82, 2.24) is 15.1 Å². The summed E-state index contributed by atoms with van der Waals surface area (Å²) in [7, 11) is 4.13. The van der Waals surface area contributed by atoms with Crippen LogP contribution in [0.5, 0.6) is 5.75 Å². The van der Waals surface area contributed by atoms with E-state index >= 15 is 0 Å². The number of rotatable bonds is 7. The molecule has 1 saturated heterocycles. The first-order valence-electron chi connectivity index (χ1n) is 10.0. The highest BCUT2D eigenvalue weighted by molar-refractivity contribution is 14.0. The Hall–Kier alpha value is -1.02. The van der Waals surface area contributed by atoms with Gasteiger partial charge in [0.2, 0.25) is 0 Å². The van der Waals surface area contributed by atoms with Crippen LogP contribution in [0, 0.1) is 5.41 Å². The molecule has 3 rings (SSSR count). The molecule has 1 saturated carbocycles. The zero-order valence-corrected chi connectivity index (χ0v) is 19.4. The monoisotopic (exact) mass is 486 g/mol. The second-order valence-corrected chi connectivity index (χ2v) is 7.95. The van der Waals surface area contributed by atoms with E-state index in [-0.39, 0.29) is 24.0 Å². The van der Waals surface area contributed by atoms with Crippen LogP contribution in [0.1, 0.15) is 38.2 Å². The molecule has 2 fully saturated rings. The number of guanidine groups is 1. The van der Waals surface area contributed by atoms with Crippen molar-refractivity contribution in [2.75, 3.05) is 46.9 Å². The summed E-state index contributed by atoms with van der Waals surface area (Å²) in [5.41, 5.74) is 1.74. The van der Waals surface area contributed by atoms with Crippen LogP contribution in [0.2, 0.25) is 0 Å². The third kappa shape index (κ3) is 5.98. The summed E-state index contributed by atoms with van der Waals surface area (Å²) < 4.78 is 5.98. The molecule has 6 heteroatoms. The van der Waals surface area contributed by atoms with E-state index in [1.54, 1.807) is 0 Å². The third-order valence-corrected chi connectivity index (χ3v) is 5.65. The van der Waals surface area contributed by atoms with Crippen molar-refractivity contribution in [1.29, 1.82) is 0 Å². The van der Waals surface area contributed by atoms with Crippen LogP contribution in [0.4, 0.5) is 0 Å². The molecule has 1 aromatic carbocycles. The molecule has 0 bridgehead atoms. The van der Waals surface area contributed by atoms with Gasteiger partial charge in [0.05, 0.1) is 6.54 Å². The molecule has 0 unspecified atom stereocenters. The van der Waals surface area contributed by atoms with Gasteiger partial charge in [0.1, 0.15) is 12.4 Å². The van der Waals surface area contributed by atoms with Crippen molar-refractivity contribution in [3.8, 4) is 5.75 Å². The van der Waals surface area contributed by atoms with Crippen molar-refractivity contribution < 1.29 is 4.74 Å². The molecular formula is C21H35IN4O. The van der Waals surface area contributed by atoms with E-state index < -0.39 is 0 Å². The van der Waals surface area contributed by atoms with Crippen molar-refractivity contribution in [2.24, 2.45) is 10.4 Å². The largest absolute Gasteiger partial charge is 0.492 e. The lowest BCUT2D eigenvalue weighted by molar-refractivity contribution is 0.151. The first-order chi connectivity index (χ1) is 12.6. The van der Waals surface area contributed by atoms with E-state index in [4.69, 9.17) is 9.73 Å². The van der Waals surface area contributed by atoms with Gasteiger partial charge in [-0.2, -0.15) is 0 Å². The fourth-order valence-corrected chi connectivity index (χ4v) is 3.90. The highest BCUT2D eigenvalue weighted by Gasteiger charge is 2.43. The molecule has 0 atom stereocenters. The second-order valence-electron chi connectivity index (χ2n) is 7.95. The van der Waals surface area contributed by atoms with Gasteiger partial charge in [-0.15, -0.1) is 24.0 Å². The Morgan fingerprint density at radius 2 is 2.04 bits per heavy atom. The molecule has 1 N–H and O–H groups in total. The molecule has 5 nitrogen and oxygen atoms in total. The molecule has 1 aliphatic carbocycles. The van der Waals surface area contributed by atoms with E-state index in [1.165, 1.54) is 32.2 Å². The van der Waals surface area contributed by atoms with E-state index in [0.29, 0.717) is 18.6 Å². The summed E-state index contributed by atoms with van der Waals surface area (Å²) in [6.07, 6.45) is 5.51. The molecular weight excluding hydrogens is 451 g/mol. The minimum atomic E-state index is 0. The number of likely N-dealkylation sites (tertiary alicyclic amines) is 1. The molecule has 1 aliphatic heterocycles. The Labute approximate surface area is 181 Å². The zero-order chi connectivity index (χ0) is 18.4. The molecule has 0 radical (unpaired) electrons. The number of likely N-dealkylation sites (N-methyl/N-ethyl adjacent to an activating group) is 1. The Bertz CT molecular complexity index is 616. The van der Waals surface area contributed by atoms with E-state index in [0.717, 1.165) is 36.9 Å². The van der Waals surface area contributed by atoms with Crippen LogP contribution in [0.3, 0.4) is 0 Å². The number of benzene rings is 1. The maximum Gasteiger partial charge on any atom is 0.194 e. The lowest BCUT2D eigenvalue weighted by Gasteiger charge is -2.38. The van der Waals surface area contributed by atoms with Gasteiger partial charge in [-0.1, -0.05) is 24.6 Å². The smallest absolute Gasteiger partial charge is 0.194 e. The van der Waals surface area contributed by atoms with Crippen molar-refractivity contribution in [3.05, 3.63) is 29.8 Å². The SMILES string of the molecule is CCNC(=NCc1ccccc1OCCN(C)C)N1CCC2(CCC2)C1.I. The standard InChI is InChI=1S/C21H34N4O.HI/c1-4-22-20(25-13-12-21(17-25)10-7-11-21)23-16-18-8-5-6-9-19(18)26-15-14-24(2)3;/h5-6,8-9H,4,7,10-17H2,1-3H3,(H,22,23);1H. The predicted octanol–water partition coefficient (Wildman–Crippen LogP) is 3.59. The van der Waals surface area contributed by atoms with Crippen LogP contribution in [-0.4, -0.2) is 62.6 Å². The summed E-state index contributed by atoms with van der Waals surface area (Å²) in [4.78, 5) is 9.52. The van der Waals surface area contributed by atoms with Crippen molar-refractivity contribution in [2.45, 2.75) is 39.2 Å². The Balaban J connectivity index is 0.00000261. The fraction of sp³-hybridized carbons (Fsp3) is 0.667. The number of hydrogen-bond donors (Lipinski definition) is 1. The maximum atomic E-state index is 5.98.